The molecule has 0 aliphatic rings. The Hall–Kier alpha value is -1.06. The zero-order chi connectivity index (χ0) is 26.3. The molecule has 1 atom stereocenters. The lowest BCUT2D eigenvalue weighted by atomic mass is 9.87. The van der Waals surface area contributed by atoms with E-state index in [0.29, 0.717) is 37.9 Å². The fourth-order valence-electron chi connectivity index (χ4n) is 4.43. The van der Waals surface area contributed by atoms with Crippen molar-refractivity contribution in [1.82, 2.24) is 0 Å². The van der Waals surface area contributed by atoms with Crippen LogP contribution in [0.5, 0.6) is 0 Å². The van der Waals surface area contributed by atoms with Crippen LogP contribution in [0.15, 0.2) is 0 Å². The summed E-state index contributed by atoms with van der Waals surface area (Å²) in [5.74, 6) is 2.40. The van der Waals surface area contributed by atoms with E-state index in [9.17, 15) is 9.59 Å². The van der Waals surface area contributed by atoms with Gasteiger partial charge in [-0.3, -0.25) is 9.59 Å². The van der Waals surface area contributed by atoms with Crippen LogP contribution >= 0.6 is 0 Å². The van der Waals surface area contributed by atoms with Gasteiger partial charge in [-0.15, -0.1) is 0 Å². The maximum Gasteiger partial charge on any atom is 0.306 e. The molecule has 0 heterocycles. The van der Waals surface area contributed by atoms with Crippen molar-refractivity contribution in [3.05, 3.63) is 0 Å². The van der Waals surface area contributed by atoms with Gasteiger partial charge in [0.25, 0.3) is 0 Å². The van der Waals surface area contributed by atoms with E-state index in [1.165, 1.54) is 51.4 Å². The maximum absolute atomic E-state index is 12.2. The summed E-state index contributed by atoms with van der Waals surface area (Å²) in [7, 11) is 0. The van der Waals surface area contributed by atoms with E-state index in [4.69, 9.17) is 9.47 Å². The molecule has 4 heteroatoms. The SMILES string of the molecule is CC(C)CCCCCOC(=O)CCCCCCCCC(CC(=O)OCCCCCC(C)C)C(C)C. The number of unbranched alkanes of at least 4 members (excludes halogenated alkanes) is 9. The predicted molar refractivity (Wildman–Crippen MR) is 148 cm³/mol. The highest BCUT2D eigenvalue weighted by Crippen LogP contribution is 2.23. The van der Waals surface area contributed by atoms with Gasteiger partial charge in [-0.05, 0) is 49.4 Å². The van der Waals surface area contributed by atoms with Crippen LogP contribution in [-0.2, 0) is 19.1 Å². The fourth-order valence-corrected chi connectivity index (χ4v) is 4.43. The van der Waals surface area contributed by atoms with Crippen molar-refractivity contribution >= 4 is 11.9 Å². The van der Waals surface area contributed by atoms with Gasteiger partial charge >= 0.3 is 11.9 Å². The van der Waals surface area contributed by atoms with Gasteiger partial charge in [-0.25, -0.2) is 0 Å². The second-order valence-corrected chi connectivity index (χ2v) is 11.8. The van der Waals surface area contributed by atoms with E-state index in [1.54, 1.807) is 0 Å². The number of hydrogen-bond donors (Lipinski definition) is 0. The first-order valence-electron chi connectivity index (χ1n) is 15.0. The molecule has 0 saturated heterocycles. The van der Waals surface area contributed by atoms with Gasteiger partial charge in [0.15, 0.2) is 0 Å². The van der Waals surface area contributed by atoms with Crippen LogP contribution in [0, 0.1) is 23.7 Å². The zero-order valence-electron chi connectivity index (χ0n) is 24.4. The molecule has 4 nitrogen and oxygen atoms in total. The van der Waals surface area contributed by atoms with Crippen LogP contribution in [-0.4, -0.2) is 25.2 Å². The van der Waals surface area contributed by atoms with Gasteiger partial charge < -0.3 is 9.47 Å². The lowest BCUT2D eigenvalue weighted by molar-refractivity contribution is -0.145. The number of rotatable bonds is 24. The molecular formula is C31H60O4. The molecule has 0 amide bonds. The van der Waals surface area contributed by atoms with Crippen LogP contribution in [0.1, 0.15) is 151 Å². The van der Waals surface area contributed by atoms with E-state index < -0.39 is 0 Å². The lowest BCUT2D eigenvalue weighted by Gasteiger charge is -2.20. The Morgan fingerprint density at radius 1 is 0.514 bits per heavy atom. The molecule has 208 valence electrons. The molecule has 0 spiro atoms. The Morgan fingerprint density at radius 3 is 1.46 bits per heavy atom. The second kappa shape index (κ2) is 23.3. The van der Waals surface area contributed by atoms with Crippen LogP contribution in [0.25, 0.3) is 0 Å². The van der Waals surface area contributed by atoms with E-state index in [-0.39, 0.29) is 11.9 Å². The minimum Gasteiger partial charge on any atom is -0.466 e. The van der Waals surface area contributed by atoms with E-state index in [1.807, 2.05) is 0 Å². The quantitative estimate of drug-likeness (QED) is 0.0986. The van der Waals surface area contributed by atoms with Gasteiger partial charge in [-0.2, -0.15) is 0 Å². The van der Waals surface area contributed by atoms with Crippen molar-refractivity contribution in [3.8, 4) is 0 Å². The average molecular weight is 497 g/mol. The molecule has 0 bridgehead atoms. The summed E-state index contributed by atoms with van der Waals surface area (Å²) in [6.07, 6.45) is 18.3. The number of hydrogen-bond acceptors (Lipinski definition) is 4. The third-order valence-electron chi connectivity index (χ3n) is 6.96. The van der Waals surface area contributed by atoms with Crippen LogP contribution in [0.2, 0.25) is 0 Å². The molecule has 0 radical (unpaired) electrons. The highest BCUT2D eigenvalue weighted by Gasteiger charge is 2.18. The van der Waals surface area contributed by atoms with Gasteiger partial charge in [0.1, 0.15) is 0 Å². The topological polar surface area (TPSA) is 52.6 Å². The smallest absolute Gasteiger partial charge is 0.306 e. The number of carbonyl (C=O) groups is 2. The third kappa shape index (κ3) is 24.4. The van der Waals surface area contributed by atoms with E-state index in [2.05, 4.69) is 41.5 Å². The lowest BCUT2D eigenvalue weighted by Crippen LogP contribution is -2.17. The Balaban J connectivity index is 3.66. The molecule has 0 aromatic rings. The van der Waals surface area contributed by atoms with E-state index in [0.717, 1.165) is 56.8 Å². The molecular weight excluding hydrogens is 436 g/mol. The summed E-state index contributed by atoms with van der Waals surface area (Å²) in [5, 5.41) is 0. The first-order valence-corrected chi connectivity index (χ1v) is 15.0. The minimum atomic E-state index is -0.0314. The first kappa shape index (κ1) is 33.9. The van der Waals surface area contributed by atoms with E-state index >= 15 is 0 Å². The van der Waals surface area contributed by atoms with Crippen molar-refractivity contribution in [2.45, 2.75) is 151 Å². The van der Waals surface area contributed by atoms with Crippen molar-refractivity contribution in [1.29, 1.82) is 0 Å². The molecule has 35 heavy (non-hydrogen) atoms. The summed E-state index contributed by atoms with van der Waals surface area (Å²) < 4.78 is 10.8. The summed E-state index contributed by atoms with van der Waals surface area (Å²) in [6, 6.07) is 0. The molecule has 0 fully saturated rings. The molecule has 0 N–H and O–H groups in total. The maximum atomic E-state index is 12.2. The second-order valence-electron chi connectivity index (χ2n) is 11.8. The van der Waals surface area contributed by atoms with Crippen LogP contribution in [0.4, 0.5) is 0 Å². The standard InChI is InChI=1S/C31H60O4/c1-26(2)19-13-11-17-23-34-30(32)22-16-10-8-7-9-15-21-29(28(5)6)25-31(33)35-24-18-12-14-20-27(3)4/h26-29H,7-25H2,1-6H3. The Morgan fingerprint density at radius 2 is 0.943 bits per heavy atom. The average Bonchev–Trinajstić information content (AvgIpc) is 2.78. The summed E-state index contributed by atoms with van der Waals surface area (Å²) in [4.78, 5) is 24.1. The van der Waals surface area contributed by atoms with Crippen molar-refractivity contribution in [2.24, 2.45) is 23.7 Å². The monoisotopic (exact) mass is 496 g/mol. The summed E-state index contributed by atoms with van der Waals surface area (Å²) in [6.45, 7) is 14.6. The molecule has 0 aliphatic carbocycles. The number of carbonyl (C=O) groups excluding carboxylic acids is 2. The van der Waals surface area contributed by atoms with Crippen molar-refractivity contribution in [3.63, 3.8) is 0 Å². The van der Waals surface area contributed by atoms with Gasteiger partial charge in [0, 0.05) is 12.8 Å². The third-order valence-corrected chi connectivity index (χ3v) is 6.96. The number of ether oxygens (including phenoxy) is 2. The first-order chi connectivity index (χ1) is 16.7. The Labute approximate surface area is 218 Å². The molecule has 0 saturated carbocycles. The minimum absolute atomic E-state index is 0.0185. The normalized spacial score (nSPS) is 12.5. The molecule has 0 rings (SSSR count). The number of esters is 2. The van der Waals surface area contributed by atoms with Gasteiger partial charge in [0.2, 0.25) is 0 Å². The predicted octanol–water partition coefficient (Wildman–Crippen LogP) is 9.29. The molecule has 0 aliphatic heterocycles. The van der Waals surface area contributed by atoms with Crippen molar-refractivity contribution in [2.75, 3.05) is 13.2 Å². The molecule has 1 unspecified atom stereocenters. The molecule has 0 aromatic heterocycles. The fraction of sp³-hybridized carbons (Fsp3) is 0.935. The van der Waals surface area contributed by atoms with Gasteiger partial charge in [0.05, 0.1) is 13.2 Å². The van der Waals surface area contributed by atoms with Crippen LogP contribution in [0.3, 0.4) is 0 Å². The summed E-state index contributed by atoms with van der Waals surface area (Å²) in [5.41, 5.74) is 0. The van der Waals surface area contributed by atoms with Gasteiger partial charge in [-0.1, -0.05) is 112 Å². The summed E-state index contributed by atoms with van der Waals surface area (Å²) >= 11 is 0. The van der Waals surface area contributed by atoms with Crippen molar-refractivity contribution < 1.29 is 19.1 Å². The highest BCUT2D eigenvalue weighted by molar-refractivity contribution is 5.69. The van der Waals surface area contributed by atoms with Crippen LogP contribution < -0.4 is 0 Å². The molecule has 0 aromatic carbocycles. The Kier molecular flexibility index (Phi) is 22.6. The highest BCUT2D eigenvalue weighted by atomic mass is 16.5. The largest absolute Gasteiger partial charge is 0.466 e. The Bertz CT molecular complexity index is 498. The zero-order valence-corrected chi connectivity index (χ0v) is 24.4.